The van der Waals surface area contributed by atoms with Crippen LogP contribution >= 0.6 is 0 Å². The fourth-order valence-electron chi connectivity index (χ4n) is 3.42. The van der Waals surface area contributed by atoms with Crippen molar-refractivity contribution in [2.45, 2.75) is 58.6 Å². The molecular formula is C24H32N2O2. The number of nitrogens with one attached hydrogen (secondary N) is 1. The van der Waals surface area contributed by atoms with Gasteiger partial charge in [-0.3, -0.25) is 4.79 Å². The number of hydrogen-bond donors (Lipinski definition) is 1. The Balaban J connectivity index is 1.48. The molecule has 0 aliphatic carbocycles. The van der Waals surface area contributed by atoms with Gasteiger partial charge in [0.05, 0.1) is 0 Å². The number of amides is 1. The van der Waals surface area contributed by atoms with Gasteiger partial charge in [0.25, 0.3) is 5.91 Å². The second-order valence-corrected chi connectivity index (χ2v) is 8.61. The van der Waals surface area contributed by atoms with Gasteiger partial charge < -0.3 is 15.0 Å². The van der Waals surface area contributed by atoms with Crippen LogP contribution < -0.4 is 15.0 Å². The van der Waals surface area contributed by atoms with Crippen molar-refractivity contribution in [3.63, 3.8) is 0 Å². The Kier molecular flexibility index (Phi) is 6.28. The van der Waals surface area contributed by atoms with Crippen LogP contribution in [0.25, 0.3) is 0 Å². The standard InChI is InChI=1S/C24H32N2O2/c1-18(28-22-13-9-20(10-14-22)24(2,3)4)23(27)25-17-19-7-11-21(12-8-19)26-15-5-6-16-26/h7-14,18H,5-6,15-17H2,1-4H3,(H,25,27). The van der Waals surface area contributed by atoms with Gasteiger partial charge in [0.1, 0.15) is 5.75 Å². The van der Waals surface area contributed by atoms with Gasteiger partial charge in [-0.05, 0) is 60.6 Å². The molecule has 28 heavy (non-hydrogen) atoms. The molecule has 0 aromatic heterocycles. The Bertz CT molecular complexity index is 770. The molecule has 2 aromatic carbocycles. The number of hydrogen-bond acceptors (Lipinski definition) is 3. The Labute approximate surface area is 168 Å². The van der Waals surface area contributed by atoms with Crippen molar-refractivity contribution in [3.8, 4) is 5.75 Å². The molecule has 4 nitrogen and oxygen atoms in total. The van der Waals surface area contributed by atoms with Crippen LogP contribution in [0.3, 0.4) is 0 Å². The minimum atomic E-state index is -0.538. The van der Waals surface area contributed by atoms with Gasteiger partial charge in [-0.25, -0.2) is 0 Å². The van der Waals surface area contributed by atoms with Crippen LogP contribution in [0, 0.1) is 0 Å². The average Bonchev–Trinajstić information content (AvgIpc) is 3.21. The van der Waals surface area contributed by atoms with Crippen molar-refractivity contribution in [1.29, 1.82) is 0 Å². The van der Waals surface area contributed by atoms with Gasteiger partial charge >= 0.3 is 0 Å². The van der Waals surface area contributed by atoms with Crippen molar-refractivity contribution < 1.29 is 9.53 Å². The summed E-state index contributed by atoms with van der Waals surface area (Å²) in [5, 5.41) is 2.97. The van der Waals surface area contributed by atoms with E-state index in [-0.39, 0.29) is 11.3 Å². The van der Waals surface area contributed by atoms with Gasteiger partial charge in [-0.2, -0.15) is 0 Å². The Hall–Kier alpha value is -2.49. The number of ether oxygens (including phenoxy) is 1. The van der Waals surface area contributed by atoms with Crippen LogP contribution in [-0.2, 0) is 16.8 Å². The molecule has 0 saturated carbocycles. The van der Waals surface area contributed by atoms with Crippen LogP contribution in [0.15, 0.2) is 48.5 Å². The minimum Gasteiger partial charge on any atom is -0.481 e. The molecule has 1 unspecified atom stereocenters. The zero-order valence-electron chi connectivity index (χ0n) is 17.5. The lowest BCUT2D eigenvalue weighted by Crippen LogP contribution is -2.35. The topological polar surface area (TPSA) is 41.6 Å². The Morgan fingerprint density at radius 2 is 1.64 bits per heavy atom. The Morgan fingerprint density at radius 1 is 1.04 bits per heavy atom. The predicted molar refractivity (Wildman–Crippen MR) is 115 cm³/mol. The van der Waals surface area contributed by atoms with E-state index in [2.05, 4.69) is 67.4 Å². The fourth-order valence-corrected chi connectivity index (χ4v) is 3.42. The van der Waals surface area contributed by atoms with Gasteiger partial charge in [-0.15, -0.1) is 0 Å². The largest absolute Gasteiger partial charge is 0.481 e. The second kappa shape index (κ2) is 8.68. The third kappa shape index (κ3) is 5.28. The third-order valence-corrected chi connectivity index (χ3v) is 5.28. The van der Waals surface area contributed by atoms with Crippen LogP contribution in [0.2, 0.25) is 0 Å². The number of carbonyl (C=O) groups is 1. The lowest BCUT2D eigenvalue weighted by atomic mass is 9.87. The summed E-state index contributed by atoms with van der Waals surface area (Å²) >= 11 is 0. The molecule has 1 saturated heterocycles. The highest BCUT2D eigenvalue weighted by Gasteiger charge is 2.17. The molecule has 0 spiro atoms. The summed E-state index contributed by atoms with van der Waals surface area (Å²) in [4.78, 5) is 14.8. The van der Waals surface area contributed by atoms with Crippen molar-refractivity contribution in [1.82, 2.24) is 5.32 Å². The first kappa shape index (κ1) is 20.2. The predicted octanol–water partition coefficient (Wildman–Crippen LogP) is 4.67. The van der Waals surface area contributed by atoms with Crippen molar-refractivity contribution in [2.75, 3.05) is 18.0 Å². The summed E-state index contributed by atoms with van der Waals surface area (Å²) in [6.45, 7) is 11.1. The molecule has 1 atom stereocenters. The number of rotatable bonds is 6. The molecule has 1 fully saturated rings. The van der Waals surface area contributed by atoms with Crippen LogP contribution in [-0.4, -0.2) is 25.1 Å². The van der Waals surface area contributed by atoms with E-state index in [1.807, 2.05) is 12.1 Å². The quantitative estimate of drug-likeness (QED) is 0.792. The summed E-state index contributed by atoms with van der Waals surface area (Å²) in [5.74, 6) is 0.606. The molecule has 1 aliphatic rings. The number of carbonyl (C=O) groups excluding carboxylic acids is 1. The highest BCUT2D eigenvalue weighted by molar-refractivity contribution is 5.80. The van der Waals surface area contributed by atoms with Gasteiger partial charge in [0.15, 0.2) is 6.10 Å². The molecule has 0 bridgehead atoms. The van der Waals surface area contributed by atoms with E-state index < -0.39 is 6.10 Å². The maximum Gasteiger partial charge on any atom is 0.261 e. The maximum atomic E-state index is 12.4. The molecule has 1 N–H and O–H groups in total. The first-order valence-electron chi connectivity index (χ1n) is 10.2. The summed E-state index contributed by atoms with van der Waals surface area (Å²) < 4.78 is 5.80. The maximum absolute atomic E-state index is 12.4. The second-order valence-electron chi connectivity index (χ2n) is 8.61. The first-order chi connectivity index (χ1) is 13.3. The van der Waals surface area contributed by atoms with E-state index in [9.17, 15) is 4.79 Å². The summed E-state index contributed by atoms with van der Waals surface area (Å²) in [6, 6.07) is 16.4. The highest BCUT2D eigenvalue weighted by atomic mass is 16.5. The number of benzene rings is 2. The van der Waals surface area contributed by atoms with E-state index in [0.717, 1.165) is 18.7 Å². The lowest BCUT2D eigenvalue weighted by molar-refractivity contribution is -0.127. The zero-order valence-corrected chi connectivity index (χ0v) is 17.5. The summed E-state index contributed by atoms with van der Waals surface area (Å²) in [7, 11) is 0. The van der Waals surface area contributed by atoms with Gasteiger partial charge in [-0.1, -0.05) is 45.0 Å². The van der Waals surface area contributed by atoms with Crippen molar-refractivity contribution in [3.05, 3.63) is 59.7 Å². The number of nitrogens with zero attached hydrogens (tertiary/aromatic N) is 1. The average molecular weight is 381 g/mol. The first-order valence-corrected chi connectivity index (χ1v) is 10.2. The fraction of sp³-hybridized carbons (Fsp3) is 0.458. The van der Waals surface area contributed by atoms with Crippen molar-refractivity contribution in [2.24, 2.45) is 0 Å². The molecule has 3 rings (SSSR count). The molecule has 1 amide bonds. The minimum absolute atomic E-state index is 0.103. The molecular weight excluding hydrogens is 348 g/mol. The number of anilines is 1. The normalized spacial score (nSPS) is 15.4. The summed E-state index contributed by atoms with van der Waals surface area (Å²) in [6.07, 6.45) is 2.01. The van der Waals surface area contributed by atoms with Crippen LogP contribution in [0.4, 0.5) is 5.69 Å². The van der Waals surface area contributed by atoms with E-state index in [4.69, 9.17) is 4.74 Å². The monoisotopic (exact) mass is 380 g/mol. The molecule has 1 aliphatic heterocycles. The van der Waals surface area contributed by atoms with E-state index in [1.54, 1.807) is 6.92 Å². The molecule has 2 aromatic rings. The van der Waals surface area contributed by atoms with Crippen molar-refractivity contribution >= 4 is 11.6 Å². The van der Waals surface area contributed by atoms with E-state index in [1.165, 1.54) is 24.1 Å². The van der Waals surface area contributed by atoms with Crippen LogP contribution in [0.1, 0.15) is 51.7 Å². The molecule has 150 valence electrons. The smallest absolute Gasteiger partial charge is 0.261 e. The van der Waals surface area contributed by atoms with E-state index in [0.29, 0.717) is 12.3 Å². The SMILES string of the molecule is CC(Oc1ccc(C(C)(C)C)cc1)C(=O)NCc1ccc(N2CCCC2)cc1. The van der Waals surface area contributed by atoms with Gasteiger partial charge in [0, 0.05) is 25.3 Å². The van der Waals surface area contributed by atoms with E-state index >= 15 is 0 Å². The molecule has 4 heteroatoms. The molecule has 1 heterocycles. The highest BCUT2D eigenvalue weighted by Crippen LogP contribution is 2.25. The third-order valence-electron chi connectivity index (χ3n) is 5.28. The summed E-state index contributed by atoms with van der Waals surface area (Å²) in [5.41, 5.74) is 3.71. The Morgan fingerprint density at radius 3 is 2.21 bits per heavy atom. The van der Waals surface area contributed by atoms with Crippen LogP contribution in [0.5, 0.6) is 5.75 Å². The lowest BCUT2D eigenvalue weighted by Gasteiger charge is -2.20. The molecule has 0 radical (unpaired) electrons. The van der Waals surface area contributed by atoms with Gasteiger partial charge in [0.2, 0.25) is 0 Å². The zero-order chi connectivity index (χ0) is 20.1.